The lowest BCUT2D eigenvalue weighted by Gasteiger charge is -2.07. The molecule has 5 nitrogen and oxygen atoms in total. The SMILES string of the molecule is COc1ccc2oc(-c3ccccc3)c(C(=O)Oc3ccc(C(=O)/C=C/c4c(Cl)cccc4Cl)cc3)c2c1. The highest BCUT2D eigenvalue weighted by atomic mass is 35.5. The molecule has 1 heterocycles. The van der Waals surface area contributed by atoms with Crippen molar-refractivity contribution < 1.29 is 23.5 Å². The van der Waals surface area contributed by atoms with Gasteiger partial charge < -0.3 is 13.9 Å². The molecule has 0 saturated heterocycles. The molecule has 5 aromatic rings. The highest BCUT2D eigenvalue weighted by Crippen LogP contribution is 2.36. The quantitative estimate of drug-likeness (QED) is 0.0891. The van der Waals surface area contributed by atoms with Crippen LogP contribution in [0, 0.1) is 0 Å². The molecule has 5 rings (SSSR count). The molecule has 0 aliphatic heterocycles. The van der Waals surface area contributed by atoms with E-state index in [-0.39, 0.29) is 17.1 Å². The van der Waals surface area contributed by atoms with E-state index in [2.05, 4.69) is 0 Å². The molecule has 0 N–H and O–H groups in total. The lowest BCUT2D eigenvalue weighted by molar-refractivity contribution is 0.0737. The highest BCUT2D eigenvalue weighted by Gasteiger charge is 2.24. The Hall–Kier alpha value is -4.32. The summed E-state index contributed by atoms with van der Waals surface area (Å²) in [5.74, 6) is 0.414. The van der Waals surface area contributed by atoms with Crippen molar-refractivity contribution >= 4 is 52.0 Å². The fraction of sp³-hybridized carbons (Fsp3) is 0.0323. The molecule has 0 fully saturated rings. The van der Waals surface area contributed by atoms with Crippen LogP contribution in [-0.2, 0) is 0 Å². The molecule has 0 spiro atoms. The molecule has 4 aromatic carbocycles. The van der Waals surface area contributed by atoms with Crippen LogP contribution < -0.4 is 9.47 Å². The predicted octanol–water partition coefficient (Wildman–Crippen LogP) is 8.53. The first-order valence-corrected chi connectivity index (χ1v) is 12.3. The van der Waals surface area contributed by atoms with Crippen LogP contribution in [0.25, 0.3) is 28.4 Å². The number of methoxy groups -OCH3 is 1. The van der Waals surface area contributed by atoms with Crippen molar-refractivity contribution in [2.75, 3.05) is 7.11 Å². The minimum atomic E-state index is -0.594. The minimum absolute atomic E-state index is 0.252. The summed E-state index contributed by atoms with van der Waals surface area (Å²) in [7, 11) is 1.55. The van der Waals surface area contributed by atoms with Gasteiger partial charge in [0, 0.05) is 32.1 Å². The molecule has 0 radical (unpaired) electrons. The van der Waals surface area contributed by atoms with Crippen LogP contribution in [0.4, 0.5) is 0 Å². The van der Waals surface area contributed by atoms with Crippen molar-refractivity contribution in [3.8, 4) is 22.8 Å². The number of furan rings is 1. The van der Waals surface area contributed by atoms with Crippen molar-refractivity contribution in [1.82, 2.24) is 0 Å². The maximum atomic E-state index is 13.4. The van der Waals surface area contributed by atoms with E-state index < -0.39 is 5.97 Å². The Bertz CT molecular complexity index is 1650. The van der Waals surface area contributed by atoms with Gasteiger partial charge in [-0.25, -0.2) is 4.79 Å². The first kappa shape index (κ1) is 25.3. The summed E-state index contributed by atoms with van der Waals surface area (Å²) >= 11 is 12.3. The number of rotatable bonds is 7. The molecule has 0 unspecified atom stereocenters. The number of fused-ring (bicyclic) bond motifs is 1. The second-order valence-corrected chi connectivity index (χ2v) is 9.10. The van der Waals surface area contributed by atoms with Crippen LogP contribution in [0.2, 0.25) is 10.0 Å². The maximum absolute atomic E-state index is 13.4. The van der Waals surface area contributed by atoms with Gasteiger partial charge >= 0.3 is 5.97 Å². The number of esters is 1. The van der Waals surface area contributed by atoms with Gasteiger partial charge in [-0.2, -0.15) is 0 Å². The van der Waals surface area contributed by atoms with Crippen LogP contribution in [0.5, 0.6) is 11.5 Å². The van der Waals surface area contributed by atoms with Crippen LogP contribution in [0.15, 0.2) is 101 Å². The Kier molecular flexibility index (Phi) is 7.31. The molecule has 0 atom stereocenters. The fourth-order valence-electron chi connectivity index (χ4n) is 3.97. The van der Waals surface area contributed by atoms with Crippen LogP contribution in [-0.4, -0.2) is 18.9 Å². The fourth-order valence-corrected chi connectivity index (χ4v) is 4.49. The summed E-state index contributed by atoms with van der Waals surface area (Å²) in [6.07, 6.45) is 2.97. The van der Waals surface area contributed by atoms with Crippen molar-refractivity contribution in [2.24, 2.45) is 0 Å². The third-order valence-corrected chi connectivity index (χ3v) is 6.54. The third kappa shape index (κ3) is 5.21. The first-order valence-electron chi connectivity index (χ1n) is 11.6. The van der Waals surface area contributed by atoms with Gasteiger partial charge in [-0.1, -0.05) is 59.6 Å². The van der Waals surface area contributed by atoms with Gasteiger partial charge in [-0.3, -0.25) is 4.79 Å². The van der Waals surface area contributed by atoms with E-state index in [9.17, 15) is 9.59 Å². The lowest BCUT2D eigenvalue weighted by atomic mass is 10.1. The molecule has 0 aliphatic rings. The Morgan fingerprint density at radius 1 is 0.816 bits per heavy atom. The third-order valence-electron chi connectivity index (χ3n) is 5.89. The van der Waals surface area contributed by atoms with Crippen molar-refractivity contribution in [1.29, 1.82) is 0 Å². The van der Waals surface area contributed by atoms with E-state index in [4.69, 9.17) is 37.1 Å². The summed E-state index contributed by atoms with van der Waals surface area (Å²) in [4.78, 5) is 26.1. The molecule has 0 amide bonds. The summed E-state index contributed by atoms with van der Waals surface area (Å²) in [6, 6.07) is 26.0. The Morgan fingerprint density at radius 2 is 1.50 bits per heavy atom. The van der Waals surface area contributed by atoms with E-state index >= 15 is 0 Å². The number of halogens is 2. The number of ether oxygens (including phenoxy) is 2. The molecular weight excluding hydrogens is 523 g/mol. The molecule has 188 valence electrons. The molecule has 38 heavy (non-hydrogen) atoms. The van der Waals surface area contributed by atoms with Crippen LogP contribution in [0.3, 0.4) is 0 Å². The molecule has 0 bridgehead atoms. The van der Waals surface area contributed by atoms with Crippen LogP contribution >= 0.6 is 23.2 Å². The molecule has 0 saturated carbocycles. The normalized spacial score (nSPS) is 11.1. The average molecular weight is 543 g/mol. The number of hydrogen-bond acceptors (Lipinski definition) is 5. The summed E-state index contributed by atoms with van der Waals surface area (Å²) in [5, 5.41) is 1.47. The van der Waals surface area contributed by atoms with E-state index in [1.165, 1.54) is 6.08 Å². The van der Waals surface area contributed by atoms with Gasteiger partial charge in [-0.15, -0.1) is 0 Å². The maximum Gasteiger partial charge on any atom is 0.348 e. The number of carbonyl (C=O) groups is 2. The average Bonchev–Trinajstić information content (AvgIpc) is 3.32. The second-order valence-electron chi connectivity index (χ2n) is 8.28. The highest BCUT2D eigenvalue weighted by molar-refractivity contribution is 6.37. The summed E-state index contributed by atoms with van der Waals surface area (Å²) in [6.45, 7) is 0. The first-order chi connectivity index (χ1) is 18.4. The standard InChI is InChI=1S/C31H20Cl2O5/c1-36-22-14-17-28-24(18-22)29(30(38-28)20-6-3-2-4-7-20)31(35)37-21-12-10-19(11-13-21)27(34)16-15-23-25(32)8-5-9-26(23)33/h2-18H,1H3/b16-15+. The molecule has 7 heteroatoms. The van der Waals surface area contributed by atoms with E-state index in [1.807, 2.05) is 30.3 Å². The number of benzene rings is 4. The molecule has 0 aliphatic carbocycles. The van der Waals surface area contributed by atoms with Gasteiger partial charge in [0.1, 0.15) is 28.4 Å². The number of carbonyl (C=O) groups excluding carboxylic acids is 2. The Balaban J connectivity index is 1.40. The van der Waals surface area contributed by atoms with Gasteiger partial charge in [0.2, 0.25) is 0 Å². The number of ketones is 1. The zero-order chi connectivity index (χ0) is 26.6. The number of hydrogen-bond donors (Lipinski definition) is 0. The zero-order valence-corrected chi connectivity index (χ0v) is 21.6. The van der Waals surface area contributed by atoms with E-state index in [0.29, 0.717) is 43.7 Å². The van der Waals surface area contributed by atoms with Gasteiger partial charge in [0.05, 0.1) is 7.11 Å². The molecule has 1 aromatic heterocycles. The van der Waals surface area contributed by atoms with E-state index in [0.717, 1.165) is 5.56 Å². The van der Waals surface area contributed by atoms with Gasteiger partial charge in [0.25, 0.3) is 0 Å². The van der Waals surface area contributed by atoms with Crippen molar-refractivity contribution in [3.05, 3.63) is 124 Å². The monoisotopic (exact) mass is 542 g/mol. The lowest BCUT2D eigenvalue weighted by Crippen LogP contribution is -2.09. The van der Waals surface area contributed by atoms with E-state index in [1.54, 1.807) is 73.8 Å². The smallest absolute Gasteiger partial charge is 0.348 e. The second kappa shape index (κ2) is 11.0. The Morgan fingerprint density at radius 3 is 2.18 bits per heavy atom. The van der Waals surface area contributed by atoms with Gasteiger partial charge in [-0.05, 0) is 66.7 Å². The van der Waals surface area contributed by atoms with Crippen molar-refractivity contribution in [2.45, 2.75) is 0 Å². The summed E-state index contributed by atoms with van der Waals surface area (Å²) in [5.41, 5.74) is 2.52. The largest absolute Gasteiger partial charge is 0.497 e. The molecular formula is C31H20Cl2O5. The summed E-state index contributed by atoms with van der Waals surface area (Å²) < 4.78 is 17.1. The zero-order valence-electron chi connectivity index (χ0n) is 20.1. The number of allylic oxidation sites excluding steroid dienone is 1. The topological polar surface area (TPSA) is 65.7 Å². The van der Waals surface area contributed by atoms with Crippen LogP contribution in [0.1, 0.15) is 26.3 Å². The minimum Gasteiger partial charge on any atom is -0.497 e. The predicted molar refractivity (Wildman–Crippen MR) is 149 cm³/mol. The van der Waals surface area contributed by atoms with Gasteiger partial charge in [0.15, 0.2) is 5.78 Å². The van der Waals surface area contributed by atoms with Crippen molar-refractivity contribution in [3.63, 3.8) is 0 Å². The Labute approximate surface area is 228 Å².